The summed E-state index contributed by atoms with van der Waals surface area (Å²) < 4.78 is 0.719. The number of aromatic nitrogens is 2. The molecule has 2 aromatic carbocycles. The molecule has 1 aromatic heterocycles. The van der Waals surface area contributed by atoms with Crippen LogP contribution in [0.15, 0.2) is 28.6 Å². The van der Waals surface area contributed by atoms with Gasteiger partial charge in [-0.3, -0.25) is 14.9 Å². The van der Waals surface area contributed by atoms with Gasteiger partial charge in [-0.2, -0.15) is 0 Å². The minimum absolute atomic E-state index is 0.0676. The maximum absolute atomic E-state index is 12.4. The molecule has 0 aliphatic heterocycles. The topological polar surface area (TPSA) is 72.0 Å². The van der Waals surface area contributed by atoms with E-state index in [0.29, 0.717) is 21.5 Å². The van der Waals surface area contributed by atoms with Crippen molar-refractivity contribution in [2.24, 2.45) is 0 Å². The molecule has 0 spiro atoms. The van der Waals surface area contributed by atoms with Gasteiger partial charge >= 0.3 is 0 Å². The minimum atomic E-state index is -0.374. The lowest BCUT2D eigenvalue weighted by Gasteiger charge is -2.15. The summed E-state index contributed by atoms with van der Waals surface area (Å²) in [5.41, 5.74) is 5.34. The second-order valence-electron chi connectivity index (χ2n) is 6.79. The van der Waals surface area contributed by atoms with Crippen LogP contribution in [0.2, 0.25) is 10.0 Å². The third kappa shape index (κ3) is 5.03. The van der Waals surface area contributed by atoms with Gasteiger partial charge < -0.3 is 0 Å². The van der Waals surface area contributed by atoms with Crippen LogP contribution in [-0.4, -0.2) is 21.9 Å². The zero-order valence-corrected chi connectivity index (χ0v) is 19.9. The van der Waals surface area contributed by atoms with Gasteiger partial charge in [0.05, 0.1) is 10.6 Å². The van der Waals surface area contributed by atoms with E-state index >= 15 is 0 Å². The van der Waals surface area contributed by atoms with Crippen LogP contribution in [0, 0.1) is 20.8 Å². The average Bonchev–Trinajstić information content (AvgIpc) is 3.07. The van der Waals surface area contributed by atoms with Gasteiger partial charge in [0.15, 0.2) is 10.1 Å². The van der Waals surface area contributed by atoms with Crippen LogP contribution in [0.1, 0.15) is 49.9 Å². The standard InChI is InChI=1S/C21H19Cl2N3O2S2/c1-10-7-11(2)18(13(4)27)12(3)16(10)9-29-21-26-25-20(30-21)24-19(28)15-6-5-14(22)8-17(15)23/h5-8H,9H2,1-4H3,(H,24,25,28). The molecule has 9 heteroatoms. The molecule has 3 rings (SSSR count). The third-order valence-electron chi connectivity index (χ3n) is 4.63. The van der Waals surface area contributed by atoms with Gasteiger partial charge in [-0.05, 0) is 68.1 Å². The van der Waals surface area contributed by atoms with Crippen LogP contribution in [-0.2, 0) is 5.75 Å². The van der Waals surface area contributed by atoms with Crippen LogP contribution >= 0.6 is 46.3 Å². The first-order valence-corrected chi connectivity index (χ1v) is 11.6. The molecule has 1 amide bonds. The Hall–Kier alpha value is -1.93. The SMILES string of the molecule is CC(=O)c1c(C)cc(C)c(CSc2nnc(NC(=O)c3ccc(Cl)cc3Cl)s2)c1C. The second kappa shape index (κ2) is 9.47. The monoisotopic (exact) mass is 479 g/mol. The van der Waals surface area contributed by atoms with Crippen molar-refractivity contribution in [3.63, 3.8) is 0 Å². The second-order valence-corrected chi connectivity index (χ2v) is 9.83. The number of carbonyl (C=O) groups is 2. The van der Waals surface area contributed by atoms with Crippen molar-refractivity contribution in [3.8, 4) is 0 Å². The number of aryl methyl sites for hydroxylation is 2. The number of Topliss-reactive ketones (excluding diaryl/α,β-unsaturated/α-hetero) is 1. The number of ketones is 1. The molecule has 156 valence electrons. The highest BCUT2D eigenvalue weighted by molar-refractivity contribution is 8.00. The van der Waals surface area contributed by atoms with Crippen LogP contribution < -0.4 is 5.32 Å². The predicted octanol–water partition coefficient (Wildman–Crippen LogP) is 6.52. The third-order valence-corrected chi connectivity index (χ3v) is 7.17. The Bertz CT molecular complexity index is 1150. The number of rotatable bonds is 6. The number of halogens is 2. The molecule has 5 nitrogen and oxygen atoms in total. The predicted molar refractivity (Wildman–Crippen MR) is 125 cm³/mol. The van der Waals surface area contributed by atoms with Gasteiger partial charge in [0.2, 0.25) is 5.13 Å². The van der Waals surface area contributed by atoms with Gasteiger partial charge in [-0.25, -0.2) is 0 Å². The summed E-state index contributed by atoms with van der Waals surface area (Å²) in [6.45, 7) is 7.57. The van der Waals surface area contributed by atoms with Crippen LogP contribution in [0.5, 0.6) is 0 Å². The highest BCUT2D eigenvalue weighted by Gasteiger charge is 2.17. The van der Waals surface area contributed by atoms with Gasteiger partial charge in [0.1, 0.15) is 0 Å². The molecule has 3 aromatic rings. The lowest BCUT2D eigenvalue weighted by atomic mass is 9.92. The fraction of sp³-hybridized carbons (Fsp3) is 0.238. The zero-order valence-electron chi connectivity index (χ0n) is 16.8. The number of anilines is 1. The number of nitrogens with one attached hydrogen (secondary N) is 1. The van der Waals surface area contributed by atoms with Gasteiger partial charge in [-0.15, -0.1) is 10.2 Å². The van der Waals surface area contributed by atoms with Crippen LogP contribution in [0.25, 0.3) is 0 Å². The molecular weight excluding hydrogens is 461 g/mol. The van der Waals surface area contributed by atoms with E-state index < -0.39 is 0 Å². The quantitative estimate of drug-likeness (QED) is 0.247. The van der Waals surface area contributed by atoms with Crippen LogP contribution in [0.4, 0.5) is 5.13 Å². The number of amides is 1. The zero-order chi connectivity index (χ0) is 22.0. The van der Waals surface area contributed by atoms with E-state index in [4.69, 9.17) is 23.2 Å². The minimum Gasteiger partial charge on any atom is -0.296 e. The first-order valence-electron chi connectivity index (χ1n) is 9.00. The van der Waals surface area contributed by atoms with E-state index in [1.54, 1.807) is 19.1 Å². The Balaban J connectivity index is 1.72. The smallest absolute Gasteiger partial charge is 0.259 e. The number of carbonyl (C=O) groups excluding carboxylic acids is 2. The van der Waals surface area contributed by atoms with Crippen molar-refractivity contribution in [1.29, 1.82) is 0 Å². The van der Waals surface area contributed by atoms with Crippen molar-refractivity contribution < 1.29 is 9.59 Å². The van der Waals surface area contributed by atoms with E-state index in [-0.39, 0.29) is 16.7 Å². The molecule has 0 saturated heterocycles. The van der Waals surface area contributed by atoms with E-state index in [2.05, 4.69) is 15.5 Å². The molecule has 0 radical (unpaired) electrons. The molecule has 1 N–H and O–H groups in total. The number of thioether (sulfide) groups is 1. The van der Waals surface area contributed by atoms with Crippen molar-refractivity contribution in [1.82, 2.24) is 10.2 Å². The van der Waals surface area contributed by atoms with E-state index in [1.807, 2.05) is 26.8 Å². The molecule has 30 heavy (non-hydrogen) atoms. The Labute approximate surface area is 193 Å². The van der Waals surface area contributed by atoms with E-state index in [0.717, 1.165) is 32.2 Å². The Morgan fingerprint density at radius 2 is 1.83 bits per heavy atom. The number of nitrogens with zero attached hydrogens (tertiary/aromatic N) is 2. The Morgan fingerprint density at radius 1 is 1.10 bits per heavy atom. The lowest BCUT2D eigenvalue weighted by Crippen LogP contribution is -2.12. The van der Waals surface area contributed by atoms with Gasteiger partial charge in [-0.1, -0.05) is 52.4 Å². The Morgan fingerprint density at radius 3 is 2.50 bits per heavy atom. The van der Waals surface area contributed by atoms with Crippen LogP contribution in [0.3, 0.4) is 0 Å². The van der Waals surface area contributed by atoms with Crippen molar-refractivity contribution in [2.45, 2.75) is 37.8 Å². The largest absolute Gasteiger partial charge is 0.296 e. The molecule has 0 saturated carbocycles. The highest BCUT2D eigenvalue weighted by Crippen LogP contribution is 2.32. The molecule has 0 atom stereocenters. The molecule has 1 heterocycles. The maximum Gasteiger partial charge on any atom is 0.259 e. The summed E-state index contributed by atoms with van der Waals surface area (Å²) in [7, 11) is 0. The van der Waals surface area contributed by atoms with Crippen molar-refractivity contribution in [3.05, 3.63) is 67.7 Å². The molecule has 0 unspecified atom stereocenters. The summed E-state index contributed by atoms with van der Waals surface area (Å²) in [4.78, 5) is 24.4. The van der Waals surface area contributed by atoms with Gasteiger partial charge in [0, 0.05) is 16.3 Å². The Kier molecular flexibility index (Phi) is 7.18. The van der Waals surface area contributed by atoms with Crippen molar-refractivity contribution in [2.75, 3.05) is 5.32 Å². The molecule has 0 aliphatic carbocycles. The molecular formula is C21H19Cl2N3O2S2. The number of hydrogen-bond acceptors (Lipinski definition) is 6. The average molecular weight is 480 g/mol. The fourth-order valence-corrected chi connectivity index (χ4v) is 5.71. The molecule has 0 aliphatic rings. The summed E-state index contributed by atoms with van der Waals surface area (Å²) in [6.07, 6.45) is 0. The normalized spacial score (nSPS) is 10.9. The summed E-state index contributed by atoms with van der Waals surface area (Å²) in [6, 6.07) is 6.72. The van der Waals surface area contributed by atoms with Crippen molar-refractivity contribution >= 4 is 63.1 Å². The van der Waals surface area contributed by atoms with E-state index in [9.17, 15) is 9.59 Å². The molecule has 0 fully saturated rings. The van der Waals surface area contributed by atoms with Gasteiger partial charge in [0.25, 0.3) is 5.91 Å². The van der Waals surface area contributed by atoms with E-state index in [1.165, 1.54) is 29.2 Å². The number of benzene rings is 2. The summed E-state index contributed by atoms with van der Waals surface area (Å²) in [5.74, 6) is 0.350. The summed E-state index contributed by atoms with van der Waals surface area (Å²) in [5, 5.41) is 12.0. The molecule has 0 bridgehead atoms. The first kappa shape index (κ1) is 22.7. The summed E-state index contributed by atoms with van der Waals surface area (Å²) >= 11 is 14.8. The number of hydrogen-bond donors (Lipinski definition) is 1. The highest BCUT2D eigenvalue weighted by atomic mass is 35.5. The lowest BCUT2D eigenvalue weighted by molar-refractivity contribution is 0.101. The fourth-order valence-electron chi connectivity index (χ4n) is 3.28. The first-order chi connectivity index (χ1) is 14.2. The maximum atomic E-state index is 12.4.